The van der Waals surface area contributed by atoms with Crippen LogP contribution in [0.3, 0.4) is 0 Å². The van der Waals surface area contributed by atoms with E-state index in [2.05, 4.69) is 5.32 Å². The summed E-state index contributed by atoms with van der Waals surface area (Å²) >= 11 is 0. The summed E-state index contributed by atoms with van der Waals surface area (Å²) in [6.45, 7) is 9.85. The van der Waals surface area contributed by atoms with E-state index in [1.54, 1.807) is 19.1 Å². The Labute approximate surface area is 160 Å². The fourth-order valence-electron chi connectivity index (χ4n) is 2.39. The number of carbonyl (C=O) groups excluding carboxylic acids is 2. The van der Waals surface area contributed by atoms with E-state index in [0.29, 0.717) is 12.2 Å². The van der Waals surface area contributed by atoms with Crippen molar-refractivity contribution in [1.29, 1.82) is 0 Å². The molecule has 2 aromatic carbocycles. The molecule has 0 aromatic heterocycles. The first-order valence-corrected chi connectivity index (χ1v) is 9.06. The van der Waals surface area contributed by atoms with Crippen LogP contribution in [0.5, 0.6) is 0 Å². The van der Waals surface area contributed by atoms with Crippen molar-refractivity contribution in [2.45, 2.75) is 53.4 Å². The standard InChI is InChI=1S/C22H27NO4/c1-14(2)26-13-18-8-10-19(11-9-18)22(25)27-17(5)21(24)23-20-12-15(3)6-7-16(20)4/h6-12,14,17H,13H2,1-5H3,(H,23,24)/t17-/m0/s1. The van der Waals surface area contributed by atoms with Crippen molar-refractivity contribution in [3.63, 3.8) is 0 Å². The van der Waals surface area contributed by atoms with Crippen molar-refractivity contribution in [1.82, 2.24) is 0 Å². The molecule has 5 heteroatoms. The Hall–Kier alpha value is -2.66. The Morgan fingerprint density at radius 2 is 1.67 bits per heavy atom. The van der Waals surface area contributed by atoms with Gasteiger partial charge in [-0.2, -0.15) is 0 Å². The fraction of sp³-hybridized carbons (Fsp3) is 0.364. The smallest absolute Gasteiger partial charge is 0.338 e. The second kappa shape index (κ2) is 9.33. The van der Waals surface area contributed by atoms with Crippen LogP contribution in [0.15, 0.2) is 42.5 Å². The number of benzene rings is 2. The van der Waals surface area contributed by atoms with Crippen molar-refractivity contribution >= 4 is 17.6 Å². The molecule has 2 rings (SSSR count). The number of esters is 1. The minimum absolute atomic E-state index is 0.144. The van der Waals surface area contributed by atoms with E-state index >= 15 is 0 Å². The lowest BCUT2D eigenvalue weighted by atomic mass is 10.1. The quantitative estimate of drug-likeness (QED) is 0.734. The Bertz CT molecular complexity index is 796. The lowest BCUT2D eigenvalue weighted by molar-refractivity contribution is -0.123. The summed E-state index contributed by atoms with van der Waals surface area (Å²) in [4.78, 5) is 24.6. The van der Waals surface area contributed by atoms with Crippen LogP contribution < -0.4 is 5.32 Å². The van der Waals surface area contributed by atoms with Gasteiger partial charge in [-0.3, -0.25) is 4.79 Å². The summed E-state index contributed by atoms with van der Waals surface area (Å²) in [5.74, 6) is -0.894. The lowest BCUT2D eigenvalue weighted by Crippen LogP contribution is -2.30. The van der Waals surface area contributed by atoms with Crippen molar-refractivity contribution in [2.75, 3.05) is 5.32 Å². The van der Waals surface area contributed by atoms with Crippen LogP contribution >= 0.6 is 0 Å². The molecule has 5 nitrogen and oxygen atoms in total. The molecule has 27 heavy (non-hydrogen) atoms. The molecule has 1 amide bonds. The molecular weight excluding hydrogens is 342 g/mol. The molecule has 0 aliphatic carbocycles. The molecule has 0 aliphatic rings. The van der Waals surface area contributed by atoms with E-state index in [9.17, 15) is 9.59 Å². The monoisotopic (exact) mass is 369 g/mol. The number of anilines is 1. The van der Waals surface area contributed by atoms with E-state index in [1.165, 1.54) is 0 Å². The third-order valence-corrected chi connectivity index (χ3v) is 4.08. The van der Waals surface area contributed by atoms with Gasteiger partial charge in [0.05, 0.1) is 18.3 Å². The number of hydrogen-bond donors (Lipinski definition) is 1. The zero-order valence-electron chi connectivity index (χ0n) is 16.5. The molecule has 0 saturated carbocycles. The summed E-state index contributed by atoms with van der Waals surface area (Å²) in [6.07, 6.45) is -0.757. The second-order valence-electron chi connectivity index (χ2n) is 6.91. The van der Waals surface area contributed by atoms with Gasteiger partial charge in [-0.05, 0) is 69.5 Å². The molecule has 2 aromatic rings. The maximum atomic E-state index is 12.3. The number of hydrogen-bond acceptors (Lipinski definition) is 4. The third-order valence-electron chi connectivity index (χ3n) is 4.08. The Balaban J connectivity index is 1.94. The number of ether oxygens (including phenoxy) is 2. The predicted octanol–water partition coefficient (Wildman–Crippen LogP) is 4.41. The highest BCUT2D eigenvalue weighted by atomic mass is 16.5. The van der Waals surface area contributed by atoms with Gasteiger partial charge < -0.3 is 14.8 Å². The van der Waals surface area contributed by atoms with Gasteiger partial charge in [-0.25, -0.2) is 4.79 Å². The van der Waals surface area contributed by atoms with Crippen LogP contribution in [0.25, 0.3) is 0 Å². The van der Waals surface area contributed by atoms with Gasteiger partial charge in [0.1, 0.15) is 0 Å². The topological polar surface area (TPSA) is 64.6 Å². The third kappa shape index (κ3) is 6.22. The molecule has 0 spiro atoms. The zero-order valence-corrected chi connectivity index (χ0v) is 16.5. The van der Waals surface area contributed by atoms with E-state index in [-0.39, 0.29) is 12.0 Å². The van der Waals surface area contributed by atoms with Crippen LogP contribution in [0.2, 0.25) is 0 Å². The summed E-state index contributed by atoms with van der Waals surface area (Å²) < 4.78 is 10.8. The van der Waals surface area contributed by atoms with E-state index < -0.39 is 12.1 Å². The van der Waals surface area contributed by atoms with Crippen molar-refractivity contribution in [2.24, 2.45) is 0 Å². The molecule has 0 unspecified atom stereocenters. The minimum atomic E-state index is -0.902. The summed E-state index contributed by atoms with van der Waals surface area (Å²) in [6, 6.07) is 12.8. The first kappa shape index (κ1) is 20.6. The molecular formula is C22H27NO4. The van der Waals surface area contributed by atoms with Gasteiger partial charge in [0.15, 0.2) is 6.10 Å². The average molecular weight is 369 g/mol. The minimum Gasteiger partial charge on any atom is -0.449 e. The van der Waals surface area contributed by atoms with Crippen LogP contribution in [-0.4, -0.2) is 24.1 Å². The van der Waals surface area contributed by atoms with Gasteiger partial charge in [0, 0.05) is 5.69 Å². The van der Waals surface area contributed by atoms with Crippen LogP contribution in [0, 0.1) is 13.8 Å². The maximum absolute atomic E-state index is 12.3. The molecule has 0 aliphatic heterocycles. The predicted molar refractivity (Wildman–Crippen MR) is 106 cm³/mol. The average Bonchev–Trinajstić information content (AvgIpc) is 2.63. The maximum Gasteiger partial charge on any atom is 0.338 e. The highest BCUT2D eigenvalue weighted by molar-refractivity contribution is 5.97. The van der Waals surface area contributed by atoms with Crippen LogP contribution in [0.1, 0.15) is 47.8 Å². The van der Waals surface area contributed by atoms with Gasteiger partial charge in [-0.1, -0.05) is 24.3 Å². The summed E-state index contributed by atoms with van der Waals surface area (Å²) in [7, 11) is 0. The number of nitrogens with one attached hydrogen (secondary N) is 1. The molecule has 0 saturated heterocycles. The molecule has 1 N–H and O–H groups in total. The van der Waals surface area contributed by atoms with E-state index in [1.807, 2.05) is 58.0 Å². The molecule has 0 bridgehead atoms. The van der Waals surface area contributed by atoms with Gasteiger partial charge in [-0.15, -0.1) is 0 Å². The van der Waals surface area contributed by atoms with E-state index in [4.69, 9.17) is 9.47 Å². The normalized spacial score (nSPS) is 11.9. The lowest BCUT2D eigenvalue weighted by Gasteiger charge is -2.15. The SMILES string of the molecule is Cc1ccc(C)c(NC(=O)[C@H](C)OC(=O)c2ccc(COC(C)C)cc2)c1. The van der Waals surface area contributed by atoms with Crippen LogP contribution in [-0.2, 0) is 20.9 Å². The van der Waals surface area contributed by atoms with E-state index in [0.717, 1.165) is 22.4 Å². The molecule has 0 heterocycles. The van der Waals surface area contributed by atoms with Crippen LogP contribution in [0.4, 0.5) is 5.69 Å². The number of amides is 1. The fourth-order valence-corrected chi connectivity index (χ4v) is 2.39. The van der Waals surface area contributed by atoms with Crippen molar-refractivity contribution in [3.8, 4) is 0 Å². The highest BCUT2D eigenvalue weighted by Crippen LogP contribution is 2.17. The number of carbonyl (C=O) groups is 2. The number of rotatable bonds is 7. The number of aryl methyl sites for hydroxylation is 2. The first-order valence-electron chi connectivity index (χ1n) is 9.06. The molecule has 1 atom stereocenters. The Morgan fingerprint density at radius 1 is 1.00 bits per heavy atom. The Morgan fingerprint density at radius 3 is 2.30 bits per heavy atom. The summed E-state index contributed by atoms with van der Waals surface area (Å²) in [5, 5.41) is 2.81. The first-order chi connectivity index (χ1) is 12.8. The van der Waals surface area contributed by atoms with Crippen molar-refractivity contribution < 1.29 is 19.1 Å². The summed E-state index contributed by atoms with van der Waals surface area (Å²) in [5.41, 5.74) is 4.09. The molecule has 0 radical (unpaired) electrons. The largest absolute Gasteiger partial charge is 0.449 e. The zero-order chi connectivity index (χ0) is 20.0. The molecule has 0 fully saturated rings. The second-order valence-corrected chi connectivity index (χ2v) is 6.91. The van der Waals surface area contributed by atoms with Gasteiger partial charge in [0.2, 0.25) is 0 Å². The molecule has 144 valence electrons. The Kier molecular flexibility index (Phi) is 7.13. The van der Waals surface area contributed by atoms with Gasteiger partial charge >= 0.3 is 5.97 Å². The highest BCUT2D eigenvalue weighted by Gasteiger charge is 2.19. The van der Waals surface area contributed by atoms with Crippen molar-refractivity contribution in [3.05, 3.63) is 64.7 Å². The van der Waals surface area contributed by atoms with Gasteiger partial charge in [0.25, 0.3) is 5.91 Å².